The molecule has 1 N–H and O–H groups in total. The molecule has 2 aromatic rings. The van der Waals surface area contributed by atoms with Crippen LogP contribution >= 0.6 is 0 Å². The van der Waals surface area contributed by atoms with Crippen LogP contribution in [-0.2, 0) is 21.4 Å². The van der Waals surface area contributed by atoms with Gasteiger partial charge in [0.15, 0.2) is 6.61 Å². The molecule has 140 valence electrons. The van der Waals surface area contributed by atoms with Gasteiger partial charge in [0.1, 0.15) is 5.75 Å². The summed E-state index contributed by atoms with van der Waals surface area (Å²) in [7, 11) is 0. The number of nitrogens with zero attached hydrogens (tertiary/aromatic N) is 1. The van der Waals surface area contributed by atoms with Gasteiger partial charge in [0, 0.05) is 18.8 Å². The summed E-state index contributed by atoms with van der Waals surface area (Å²) in [5, 5.41) is 2.99. The van der Waals surface area contributed by atoms with Crippen molar-refractivity contribution in [3.8, 4) is 5.75 Å². The van der Waals surface area contributed by atoms with Crippen LogP contribution in [0.1, 0.15) is 30.9 Å². The Morgan fingerprint density at radius 1 is 1.11 bits per heavy atom. The van der Waals surface area contributed by atoms with Crippen LogP contribution in [0.2, 0.25) is 0 Å². The summed E-state index contributed by atoms with van der Waals surface area (Å²) in [6.45, 7) is 3.24. The molecule has 1 saturated heterocycles. The minimum Gasteiger partial charge on any atom is -0.483 e. The predicted molar refractivity (Wildman–Crippen MR) is 104 cm³/mol. The number of ether oxygens (including phenoxy) is 1. The van der Waals surface area contributed by atoms with Crippen LogP contribution in [0.4, 0.5) is 5.69 Å². The fraction of sp³-hybridized carbons (Fsp3) is 0.364. The molecule has 0 aliphatic carbocycles. The Morgan fingerprint density at radius 2 is 1.81 bits per heavy atom. The van der Waals surface area contributed by atoms with Crippen molar-refractivity contribution in [3.63, 3.8) is 0 Å². The van der Waals surface area contributed by atoms with E-state index in [1.165, 1.54) is 0 Å². The molecule has 2 aliphatic heterocycles. The maximum Gasteiger partial charge on any atom is 0.260 e. The van der Waals surface area contributed by atoms with Crippen molar-refractivity contribution in [3.05, 3.63) is 59.7 Å². The van der Waals surface area contributed by atoms with Gasteiger partial charge in [0.25, 0.3) is 5.91 Å². The fourth-order valence-electron chi connectivity index (χ4n) is 4.18. The van der Waals surface area contributed by atoms with Crippen molar-refractivity contribution in [1.29, 1.82) is 0 Å². The van der Waals surface area contributed by atoms with Gasteiger partial charge < -0.3 is 15.0 Å². The summed E-state index contributed by atoms with van der Waals surface area (Å²) in [4.78, 5) is 27.0. The number of hydrogen-bond acceptors (Lipinski definition) is 3. The van der Waals surface area contributed by atoms with Gasteiger partial charge in [-0.25, -0.2) is 0 Å². The van der Waals surface area contributed by atoms with E-state index in [0.29, 0.717) is 25.9 Å². The van der Waals surface area contributed by atoms with Crippen LogP contribution in [0.25, 0.3) is 0 Å². The van der Waals surface area contributed by atoms with Crippen LogP contribution in [-0.4, -0.2) is 36.4 Å². The molecule has 5 nitrogen and oxygen atoms in total. The Bertz CT molecular complexity index is 869. The molecule has 0 atom stereocenters. The summed E-state index contributed by atoms with van der Waals surface area (Å²) in [5.74, 6) is 0.803. The van der Waals surface area contributed by atoms with Gasteiger partial charge >= 0.3 is 0 Å². The maximum atomic E-state index is 12.6. The zero-order valence-corrected chi connectivity index (χ0v) is 15.5. The average Bonchev–Trinajstić information content (AvgIpc) is 2.98. The lowest BCUT2D eigenvalue weighted by Crippen LogP contribution is -2.49. The first-order valence-corrected chi connectivity index (χ1v) is 9.53. The number of anilines is 1. The molecule has 0 bridgehead atoms. The summed E-state index contributed by atoms with van der Waals surface area (Å²) < 4.78 is 5.77. The number of benzene rings is 2. The van der Waals surface area contributed by atoms with Crippen molar-refractivity contribution in [2.24, 2.45) is 0 Å². The molecular formula is C22H24N2O3. The molecule has 2 heterocycles. The van der Waals surface area contributed by atoms with Gasteiger partial charge in [-0.1, -0.05) is 43.3 Å². The highest BCUT2D eigenvalue weighted by Gasteiger charge is 2.48. The molecule has 0 radical (unpaired) electrons. The van der Waals surface area contributed by atoms with E-state index in [1.54, 1.807) is 0 Å². The van der Waals surface area contributed by atoms with Gasteiger partial charge in [-0.05, 0) is 42.5 Å². The van der Waals surface area contributed by atoms with Crippen LogP contribution in [0.15, 0.2) is 48.5 Å². The van der Waals surface area contributed by atoms with E-state index in [0.717, 1.165) is 29.0 Å². The van der Waals surface area contributed by atoms with Crippen molar-refractivity contribution in [2.45, 2.75) is 31.6 Å². The third-order valence-corrected chi connectivity index (χ3v) is 5.80. The van der Waals surface area contributed by atoms with Crippen molar-refractivity contribution in [1.82, 2.24) is 4.90 Å². The van der Waals surface area contributed by atoms with Gasteiger partial charge in [-0.2, -0.15) is 0 Å². The van der Waals surface area contributed by atoms with E-state index in [4.69, 9.17) is 4.74 Å². The number of fused-ring (bicyclic) bond motifs is 2. The average molecular weight is 364 g/mol. The maximum absolute atomic E-state index is 12.6. The van der Waals surface area contributed by atoms with Crippen LogP contribution < -0.4 is 10.1 Å². The Balaban J connectivity index is 1.39. The van der Waals surface area contributed by atoms with Crippen LogP contribution in [0.3, 0.4) is 0 Å². The van der Waals surface area contributed by atoms with E-state index >= 15 is 0 Å². The molecule has 0 unspecified atom stereocenters. The minimum absolute atomic E-state index is 0.0255. The van der Waals surface area contributed by atoms with Crippen LogP contribution in [0, 0.1) is 0 Å². The Kier molecular flexibility index (Phi) is 4.60. The van der Waals surface area contributed by atoms with Gasteiger partial charge in [0.2, 0.25) is 5.91 Å². The lowest BCUT2D eigenvalue weighted by Gasteiger charge is -2.38. The number of aryl methyl sites for hydroxylation is 1. The van der Waals surface area contributed by atoms with Gasteiger partial charge in [-0.15, -0.1) is 0 Å². The number of piperidine rings is 1. The number of likely N-dealkylation sites (tertiary alicyclic amines) is 1. The Morgan fingerprint density at radius 3 is 2.59 bits per heavy atom. The Labute approximate surface area is 159 Å². The highest BCUT2D eigenvalue weighted by Crippen LogP contribution is 2.44. The standard InChI is InChI=1S/C22H24N2O3/c1-2-16-7-3-6-10-19(16)27-15-20(25)24-13-11-22(12-14-24)17-8-4-5-9-18(17)23-21(22)26/h3-10H,2,11-15H2,1H3,(H,23,26). The molecule has 1 fully saturated rings. The zero-order valence-electron chi connectivity index (χ0n) is 15.5. The second-order valence-corrected chi connectivity index (χ2v) is 7.21. The quantitative estimate of drug-likeness (QED) is 0.907. The monoisotopic (exact) mass is 364 g/mol. The molecule has 0 aromatic heterocycles. The molecule has 5 heteroatoms. The summed E-state index contributed by atoms with van der Waals surface area (Å²) in [6.07, 6.45) is 2.16. The number of rotatable bonds is 4. The minimum atomic E-state index is -0.497. The second-order valence-electron chi connectivity index (χ2n) is 7.21. The van der Waals surface area contributed by atoms with Crippen molar-refractivity contribution >= 4 is 17.5 Å². The second kappa shape index (κ2) is 7.06. The highest BCUT2D eigenvalue weighted by atomic mass is 16.5. The molecule has 2 aliphatic rings. The molecule has 4 rings (SSSR count). The van der Waals surface area contributed by atoms with E-state index in [-0.39, 0.29) is 18.4 Å². The molecule has 0 saturated carbocycles. The molecule has 1 spiro atoms. The number of para-hydroxylation sites is 2. The summed E-state index contributed by atoms with van der Waals surface area (Å²) in [5.41, 5.74) is 2.57. The van der Waals surface area contributed by atoms with E-state index in [9.17, 15) is 9.59 Å². The molecule has 27 heavy (non-hydrogen) atoms. The predicted octanol–water partition coefficient (Wildman–Crippen LogP) is 3.14. The first-order valence-electron chi connectivity index (χ1n) is 9.53. The SMILES string of the molecule is CCc1ccccc1OCC(=O)N1CCC2(CC1)C(=O)Nc1ccccc12. The largest absolute Gasteiger partial charge is 0.483 e. The number of hydrogen-bond donors (Lipinski definition) is 1. The molecule has 2 amide bonds. The van der Waals surface area contributed by atoms with Crippen molar-refractivity contribution < 1.29 is 14.3 Å². The third kappa shape index (κ3) is 3.07. The topological polar surface area (TPSA) is 58.6 Å². The first kappa shape index (κ1) is 17.6. The summed E-state index contributed by atoms with van der Waals surface area (Å²) >= 11 is 0. The number of amides is 2. The highest BCUT2D eigenvalue weighted by molar-refractivity contribution is 6.06. The summed E-state index contributed by atoms with van der Waals surface area (Å²) in [6, 6.07) is 15.7. The van der Waals surface area contributed by atoms with Crippen LogP contribution in [0.5, 0.6) is 5.75 Å². The van der Waals surface area contributed by atoms with Crippen molar-refractivity contribution in [2.75, 3.05) is 25.0 Å². The van der Waals surface area contributed by atoms with E-state index in [2.05, 4.69) is 12.2 Å². The molecular weight excluding hydrogens is 340 g/mol. The van der Waals surface area contributed by atoms with E-state index in [1.807, 2.05) is 53.4 Å². The normalized spacial score (nSPS) is 17.5. The molecule has 2 aromatic carbocycles. The zero-order chi connectivity index (χ0) is 18.9. The number of carbonyl (C=O) groups excluding carboxylic acids is 2. The fourth-order valence-corrected chi connectivity index (χ4v) is 4.18. The van der Waals surface area contributed by atoms with Gasteiger partial charge in [0.05, 0.1) is 5.41 Å². The lowest BCUT2D eigenvalue weighted by atomic mass is 9.73. The smallest absolute Gasteiger partial charge is 0.260 e. The van der Waals surface area contributed by atoms with E-state index < -0.39 is 5.41 Å². The Hall–Kier alpha value is -2.82. The number of carbonyl (C=O) groups is 2. The first-order chi connectivity index (χ1) is 13.1. The van der Waals surface area contributed by atoms with Gasteiger partial charge in [-0.3, -0.25) is 9.59 Å². The third-order valence-electron chi connectivity index (χ3n) is 5.80. The lowest BCUT2D eigenvalue weighted by molar-refractivity contribution is -0.137. The number of nitrogens with one attached hydrogen (secondary N) is 1.